The van der Waals surface area contributed by atoms with Crippen LogP contribution in [0.25, 0.3) is 5.82 Å². The molecule has 0 saturated heterocycles. The zero-order valence-corrected chi connectivity index (χ0v) is 10.2. The summed E-state index contributed by atoms with van der Waals surface area (Å²) < 4.78 is 1.76. The topological polar surface area (TPSA) is 79.7 Å². The fourth-order valence-electron chi connectivity index (χ4n) is 2.49. The second-order valence-electron chi connectivity index (χ2n) is 4.56. The standard InChI is InChI=1S/C11H14N6O/c1-7-5-9-11(8(2)16(7)6-18)14-15-17(9)10-3-4-12-13-10/h3-4,6-8H,5H2,1-2H3,(H,12,13)/t7-,8+/m1/s1. The van der Waals surface area contributed by atoms with E-state index in [0.717, 1.165) is 30.0 Å². The number of fused-ring (bicyclic) bond motifs is 1. The molecule has 0 radical (unpaired) electrons. The number of aromatic amines is 1. The highest BCUT2D eigenvalue weighted by molar-refractivity contribution is 5.50. The van der Waals surface area contributed by atoms with Gasteiger partial charge < -0.3 is 4.90 Å². The van der Waals surface area contributed by atoms with Crippen LogP contribution in [0.1, 0.15) is 31.3 Å². The Morgan fingerprint density at radius 2 is 2.33 bits per heavy atom. The van der Waals surface area contributed by atoms with Crippen LogP contribution in [0.4, 0.5) is 0 Å². The molecular formula is C11H14N6O. The van der Waals surface area contributed by atoms with Gasteiger partial charge in [0.25, 0.3) is 0 Å². The molecule has 18 heavy (non-hydrogen) atoms. The van der Waals surface area contributed by atoms with Crippen molar-refractivity contribution in [1.29, 1.82) is 0 Å². The molecule has 0 bridgehead atoms. The molecule has 3 rings (SSSR count). The van der Waals surface area contributed by atoms with E-state index in [9.17, 15) is 4.79 Å². The minimum absolute atomic E-state index is 0.0436. The van der Waals surface area contributed by atoms with Crippen LogP contribution in [-0.4, -0.2) is 42.5 Å². The second-order valence-corrected chi connectivity index (χ2v) is 4.56. The molecule has 2 atom stereocenters. The summed E-state index contributed by atoms with van der Waals surface area (Å²) in [7, 11) is 0. The third-order valence-electron chi connectivity index (χ3n) is 3.47. The summed E-state index contributed by atoms with van der Waals surface area (Å²) in [6.45, 7) is 3.99. The molecule has 0 spiro atoms. The normalized spacial score (nSPS) is 22.9. The Labute approximate surface area is 104 Å². The van der Waals surface area contributed by atoms with Gasteiger partial charge in [0.05, 0.1) is 17.9 Å². The first-order chi connectivity index (χ1) is 8.72. The average Bonchev–Trinajstić information content (AvgIpc) is 2.96. The van der Waals surface area contributed by atoms with Gasteiger partial charge >= 0.3 is 0 Å². The number of hydrogen-bond donors (Lipinski definition) is 1. The fraction of sp³-hybridized carbons (Fsp3) is 0.455. The highest BCUT2D eigenvalue weighted by Crippen LogP contribution is 2.30. The predicted molar refractivity (Wildman–Crippen MR) is 63.0 cm³/mol. The summed E-state index contributed by atoms with van der Waals surface area (Å²) >= 11 is 0. The van der Waals surface area contributed by atoms with Gasteiger partial charge in [0, 0.05) is 18.5 Å². The van der Waals surface area contributed by atoms with Crippen LogP contribution >= 0.6 is 0 Å². The van der Waals surface area contributed by atoms with Gasteiger partial charge in [-0.15, -0.1) is 5.10 Å². The fourth-order valence-corrected chi connectivity index (χ4v) is 2.49. The maximum absolute atomic E-state index is 11.1. The molecule has 1 aliphatic rings. The van der Waals surface area contributed by atoms with Crippen molar-refractivity contribution in [2.75, 3.05) is 0 Å². The van der Waals surface area contributed by atoms with Crippen LogP contribution in [-0.2, 0) is 11.2 Å². The van der Waals surface area contributed by atoms with Gasteiger partial charge in [-0.3, -0.25) is 9.89 Å². The predicted octanol–water partition coefficient (Wildman–Crippen LogP) is 0.454. The van der Waals surface area contributed by atoms with Gasteiger partial charge in [-0.25, -0.2) is 0 Å². The smallest absolute Gasteiger partial charge is 0.210 e. The van der Waals surface area contributed by atoms with Gasteiger partial charge in [-0.2, -0.15) is 9.78 Å². The third kappa shape index (κ3) is 1.43. The first-order valence-corrected chi connectivity index (χ1v) is 5.89. The highest BCUT2D eigenvalue weighted by Gasteiger charge is 2.33. The quantitative estimate of drug-likeness (QED) is 0.780. The molecule has 1 aliphatic heterocycles. The van der Waals surface area contributed by atoms with Crippen molar-refractivity contribution in [2.24, 2.45) is 0 Å². The molecular weight excluding hydrogens is 232 g/mol. The van der Waals surface area contributed by atoms with Crippen LogP contribution in [0, 0.1) is 0 Å². The van der Waals surface area contributed by atoms with E-state index in [-0.39, 0.29) is 12.1 Å². The molecule has 2 aromatic rings. The van der Waals surface area contributed by atoms with E-state index in [4.69, 9.17) is 0 Å². The Balaban J connectivity index is 2.08. The van der Waals surface area contributed by atoms with Gasteiger partial charge in [0.1, 0.15) is 5.69 Å². The number of hydrogen-bond acceptors (Lipinski definition) is 4. The third-order valence-corrected chi connectivity index (χ3v) is 3.47. The van der Waals surface area contributed by atoms with Crippen molar-refractivity contribution in [3.8, 4) is 5.82 Å². The summed E-state index contributed by atoms with van der Waals surface area (Å²) in [4.78, 5) is 12.9. The Hall–Kier alpha value is -2.18. The molecule has 0 saturated carbocycles. The van der Waals surface area contributed by atoms with Crippen LogP contribution in [0.5, 0.6) is 0 Å². The summed E-state index contributed by atoms with van der Waals surface area (Å²) in [5.41, 5.74) is 1.90. The second kappa shape index (κ2) is 3.94. The van der Waals surface area contributed by atoms with Crippen LogP contribution < -0.4 is 0 Å². The summed E-state index contributed by atoms with van der Waals surface area (Å²) in [5.74, 6) is 0.794. The largest absolute Gasteiger partial charge is 0.334 e. The minimum atomic E-state index is -0.0436. The van der Waals surface area contributed by atoms with E-state index in [1.165, 1.54) is 0 Å². The number of carbonyl (C=O) groups is 1. The number of amides is 1. The highest BCUT2D eigenvalue weighted by atomic mass is 16.1. The van der Waals surface area contributed by atoms with Crippen molar-refractivity contribution < 1.29 is 4.79 Å². The molecule has 7 nitrogen and oxygen atoms in total. The molecule has 3 heterocycles. The van der Waals surface area contributed by atoms with E-state index in [0.29, 0.717) is 0 Å². The number of H-pyrrole nitrogens is 1. The number of aromatic nitrogens is 5. The zero-order chi connectivity index (χ0) is 12.7. The minimum Gasteiger partial charge on any atom is -0.334 e. The number of carbonyl (C=O) groups excluding carboxylic acids is 1. The molecule has 94 valence electrons. The molecule has 0 aromatic carbocycles. The Morgan fingerprint density at radius 3 is 3.00 bits per heavy atom. The van der Waals surface area contributed by atoms with Crippen molar-refractivity contribution in [3.63, 3.8) is 0 Å². The molecule has 0 unspecified atom stereocenters. The number of nitrogens with one attached hydrogen (secondary N) is 1. The SMILES string of the molecule is C[C@@H]1Cc2c(nnn2-c2ccn[nH]2)[C@H](C)N1C=O. The van der Waals surface area contributed by atoms with Crippen molar-refractivity contribution >= 4 is 6.41 Å². The maximum atomic E-state index is 11.1. The zero-order valence-electron chi connectivity index (χ0n) is 10.2. The maximum Gasteiger partial charge on any atom is 0.210 e. The van der Waals surface area contributed by atoms with Gasteiger partial charge in [0.15, 0.2) is 5.82 Å². The Morgan fingerprint density at radius 1 is 1.50 bits per heavy atom. The average molecular weight is 246 g/mol. The lowest BCUT2D eigenvalue weighted by Crippen LogP contribution is -2.40. The summed E-state index contributed by atoms with van der Waals surface area (Å²) in [6, 6.07) is 1.94. The molecule has 0 fully saturated rings. The van der Waals surface area contributed by atoms with E-state index in [1.54, 1.807) is 15.8 Å². The first-order valence-electron chi connectivity index (χ1n) is 5.89. The van der Waals surface area contributed by atoms with Crippen LogP contribution in [0.3, 0.4) is 0 Å². The molecule has 1 N–H and O–H groups in total. The monoisotopic (exact) mass is 246 g/mol. The van der Waals surface area contributed by atoms with Crippen LogP contribution in [0.15, 0.2) is 12.3 Å². The van der Waals surface area contributed by atoms with Gasteiger partial charge in [0.2, 0.25) is 6.41 Å². The van der Waals surface area contributed by atoms with Crippen molar-refractivity contribution in [2.45, 2.75) is 32.4 Å². The van der Waals surface area contributed by atoms with Crippen molar-refractivity contribution in [1.82, 2.24) is 30.1 Å². The van der Waals surface area contributed by atoms with E-state index >= 15 is 0 Å². The van der Waals surface area contributed by atoms with Crippen LogP contribution in [0.2, 0.25) is 0 Å². The van der Waals surface area contributed by atoms with Gasteiger partial charge in [-0.1, -0.05) is 5.21 Å². The summed E-state index contributed by atoms with van der Waals surface area (Å²) in [6.07, 6.45) is 3.30. The molecule has 0 aliphatic carbocycles. The van der Waals surface area contributed by atoms with E-state index < -0.39 is 0 Å². The molecule has 2 aromatic heterocycles. The molecule has 7 heteroatoms. The van der Waals surface area contributed by atoms with E-state index in [2.05, 4.69) is 20.5 Å². The molecule has 1 amide bonds. The lowest BCUT2D eigenvalue weighted by molar-refractivity contribution is -0.122. The van der Waals surface area contributed by atoms with E-state index in [1.807, 2.05) is 19.9 Å². The lowest BCUT2D eigenvalue weighted by Gasteiger charge is -2.34. The Bertz CT molecular complexity index is 560. The van der Waals surface area contributed by atoms with Gasteiger partial charge in [-0.05, 0) is 13.8 Å². The lowest BCUT2D eigenvalue weighted by atomic mass is 9.99. The van der Waals surface area contributed by atoms with Crippen molar-refractivity contribution in [3.05, 3.63) is 23.7 Å². The number of rotatable bonds is 2. The number of nitrogens with zero attached hydrogens (tertiary/aromatic N) is 5. The Kier molecular flexibility index (Phi) is 2.39. The summed E-state index contributed by atoms with van der Waals surface area (Å²) in [5, 5.41) is 15.1. The first kappa shape index (κ1) is 10.9.